The van der Waals surface area contributed by atoms with Gasteiger partial charge in [-0.2, -0.15) is 0 Å². The van der Waals surface area contributed by atoms with Crippen LogP contribution in [0.15, 0.2) is 23.6 Å². The van der Waals surface area contributed by atoms with Gasteiger partial charge in [0.15, 0.2) is 0 Å². The molecule has 0 aliphatic carbocycles. The summed E-state index contributed by atoms with van der Waals surface area (Å²) in [5.41, 5.74) is 5.05. The monoisotopic (exact) mass is 329 g/mol. The minimum atomic E-state index is -3.05. The Bertz CT molecular complexity index is 727. The molecule has 0 spiro atoms. The molecule has 0 aliphatic heterocycles. The van der Waals surface area contributed by atoms with Crippen LogP contribution in [0.4, 0.5) is 0 Å². The summed E-state index contributed by atoms with van der Waals surface area (Å²) < 4.78 is 13.6. The van der Waals surface area contributed by atoms with E-state index in [1.54, 1.807) is 17.5 Å². The zero-order chi connectivity index (χ0) is 14.9. The molecule has 1 aromatic carbocycles. The van der Waals surface area contributed by atoms with E-state index in [1.807, 2.05) is 6.07 Å². The van der Waals surface area contributed by atoms with Gasteiger partial charge in [-0.3, -0.25) is 4.79 Å². The van der Waals surface area contributed by atoms with Gasteiger partial charge in [0.05, 0.1) is 6.16 Å². The Morgan fingerprint density at radius 1 is 1.55 bits per heavy atom. The number of carbonyl (C=O) groups is 2. The molecule has 2 unspecified atom stereocenters. The highest BCUT2D eigenvalue weighted by Gasteiger charge is 2.35. The number of nitrogens with two attached hydrogens (primary N) is 1. The lowest BCUT2D eigenvalue weighted by atomic mass is 10.1. The molecule has 1 amide bonds. The van der Waals surface area contributed by atoms with Gasteiger partial charge in [-0.15, -0.1) is 11.3 Å². The lowest BCUT2D eigenvalue weighted by molar-refractivity contribution is -0.117. The van der Waals surface area contributed by atoms with Crippen molar-refractivity contribution >= 4 is 52.4 Å². The van der Waals surface area contributed by atoms with E-state index in [-0.39, 0.29) is 6.16 Å². The molecule has 0 fully saturated rings. The van der Waals surface area contributed by atoms with Crippen molar-refractivity contribution in [3.8, 4) is 0 Å². The number of thiophene rings is 1. The van der Waals surface area contributed by atoms with Gasteiger partial charge in [-0.1, -0.05) is 11.6 Å². The molecule has 106 valence electrons. The highest BCUT2D eigenvalue weighted by molar-refractivity contribution is 7.65. The van der Waals surface area contributed by atoms with Gasteiger partial charge in [0.2, 0.25) is 5.91 Å². The maximum atomic E-state index is 12.6. The summed E-state index contributed by atoms with van der Waals surface area (Å²) in [6, 6.07) is 5.31. The molecule has 0 bridgehead atoms. The first kappa shape index (κ1) is 15.2. The molecule has 2 atom stereocenters. The number of halogens is 1. The lowest BCUT2D eigenvalue weighted by Gasteiger charge is -2.20. The standard InChI is InChI=1S/C13H13ClNO3PS/c1-19(18,5-4-16)12(13(15)17)10-7-20-11-3-2-8(14)6-9(10)11/h2-4,6-7,12H,5H2,1H3,(H2,15,17). The fraction of sp³-hybridized carbons (Fsp3) is 0.231. The van der Waals surface area contributed by atoms with Crippen LogP contribution >= 0.6 is 30.1 Å². The topological polar surface area (TPSA) is 77.2 Å². The Labute approximate surface area is 125 Å². The first-order valence-corrected chi connectivity index (χ1v) is 9.49. The third-order valence-corrected chi connectivity index (χ3v) is 6.83. The number of aldehydes is 1. The Balaban J connectivity index is 2.64. The second-order valence-corrected chi connectivity index (χ2v) is 9.24. The van der Waals surface area contributed by atoms with Gasteiger partial charge in [0, 0.05) is 9.72 Å². The van der Waals surface area contributed by atoms with E-state index < -0.39 is 18.7 Å². The van der Waals surface area contributed by atoms with Gasteiger partial charge in [0.1, 0.15) is 19.1 Å². The van der Waals surface area contributed by atoms with E-state index in [1.165, 1.54) is 18.0 Å². The van der Waals surface area contributed by atoms with Crippen LogP contribution in [0.2, 0.25) is 5.02 Å². The molecule has 0 saturated carbocycles. The van der Waals surface area contributed by atoms with Crippen molar-refractivity contribution in [1.29, 1.82) is 0 Å². The van der Waals surface area contributed by atoms with Crippen molar-refractivity contribution in [2.75, 3.05) is 12.8 Å². The largest absolute Gasteiger partial charge is 0.369 e. The molecule has 4 nitrogen and oxygen atoms in total. The third-order valence-electron chi connectivity index (χ3n) is 3.11. The van der Waals surface area contributed by atoms with Crippen LogP contribution in [0, 0.1) is 0 Å². The number of hydrogen-bond acceptors (Lipinski definition) is 4. The van der Waals surface area contributed by atoms with Crippen LogP contribution in [0.1, 0.15) is 11.2 Å². The zero-order valence-corrected chi connectivity index (χ0v) is 13.2. The van der Waals surface area contributed by atoms with E-state index >= 15 is 0 Å². The lowest BCUT2D eigenvalue weighted by Crippen LogP contribution is -2.22. The van der Waals surface area contributed by atoms with Gasteiger partial charge in [-0.05, 0) is 41.2 Å². The van der Waals surface area contributed by atoms with E-state index in [0.29, 0.717) is 16.9 Å². The van der Waals surface area contributed by atoms with Crippen LogP contribution in [0.5, 0.6) is 0 Å². The molecule has 7 heteroatoms. The van der Waals surface area contributed by atoms with Crippen molar-refractivity contribution in [3.63, 3.8) is 0 Å². The molecule has 0 aliphatic rings. The molecular formula is C13H13ClNO3PS. The number of rotatable bonds is 5. The smallest absolute Gasteiger partial charge is 0.232 e. The Morgan fingerprint density at radius 3 is 2.85 bits per heavy atom. The van der Waals surface area contributed by atoms with E-state index in [2.05, 4.69) is 0 Å². The summed E-state index contributed by atoms with van der Waals surface area (Å²) in [5.74, 6) is -0.683. The van der Waals surface area contributed by atoms with Crippen LogP contribution < -0.4 is 5.73 Å². The molecule has 0 radical (unpaired) electrons. The van der Waals surface area contributed by atoms with Gasteiger partial charge in [0.25, 0.3) is 0 Å². The molecule has 20 heavy (non-hydrogen) atoms. The fourth-order valence-electron chi connectivity index (χ4n) is 2.20. The van der Waals surface area contributed by atoms with Gasteiger partial charge < -0.3 is 15.1 Å². The van der Waals surface area contributed by atoms with Crippen LogP contribution in [-0.4, -0.2) is 25.0 Å². The normalized spacial score (nSPS) is 15.7. The highest BCUT2D eigenvalue weighted by atomic mass is 35.5. The van der Waals surface area contributed by atoms with Crippen LogP contribution in [0.3, 0.4) is 0 Å². The number of amides is 1. The van der Waals surface area contributed by atoms with Crippen LogP contribution in [0.25, 0.3) is 10.1 Å². The summed E-state index contributed by atoms with van der Waals surface area (Å²) in [7, 11) is -3.05. The summed E-state index contributed by atoms with van der Waals surface area (Å²) in [6.45, 7) is 1.44. The predicted molar refractivity (Wildman–Crippen MR) is 83.2 cm³/mol. The number of hydrogen-bond donors (Lipinski definition) is 1. The summed E-state index contributed by atoms with van der Waals surface area (Å²) in [4.78, 5) is 22.4. The SMILES string of the molecule is CP(=O)(CC=O)C(C(N)=O)c1csc2ccc(Cl)cc12. The minimum Gasteiger partial charge on any atom is -0.369 e. The molecule has 2 N–H and O–H groups in total. The molecule has 1 aromatic heterocycles. The van der Waals surface area contributed by atoms with Crippen molar-refractivity contribution in [2.45, 2.75) is 5.66 Å². The molecule has 0 saturated heterocycles. The number of primary amides is 1. The highest BCUT2D eigenvalue weighted by Crippen LogP contribution is 2.57. The molecule has 2 rings (SSSR count). The third kappa shape index (κ3) is 2.80. The van der Waals surface area contributed by atoms with Crippen LogP contribution in [-0.2, 0) is 14.2 Å². The maximum absolute atomic E-state index is 12.6. The maximum Gasteiger partial charge on any atom is 0.232 e. The second kappa shape index (κ2) is 5.68. The van der Waals surface area contributed by atoms with Gasteiger partial charge >= 0.3 is 0 Å². The Morgan fingerprint density at radius 2 is 2.25 bits per heavy atom. The minimum absolute atomic E-state index is 0.168. The fourth-order valence-corrected chi connectivity index (χ4v) is 5.29. The quantitative estimate of drug-likeness (QED) is 0.675. The number of carbonyl (C=O) groups excluding carboxylic acids is 2. The van der Waals surface area contributed by atoms with E-state index in [9.17, 15) is 14.2 Å². The van der Waals surface area contributed by atoms with Gasteiger partial charge in [-0.25, -0.2) is 0 Å². The average Bonchev–Trinajstić information content (AvgIpc) is 2.71. The zero-order valence-electron chi connectivity index (χ0n) is 10.7. The predicted octanol–water partition coefficient (Wildman–Crippen LogP) is 3.27. The first-order valence-electron chi connectivity index (χ1n) is 5.82. The second-order valence-electron chi connectivity index (χ2n) is 4.66. The summed E-state index contributed by atoms with van der Waals surface area (Å²) in [5, 5.41) is 3.05. The van der Waals surface area contributed by atoms with E-state index in [4.69, 9.17) is 17.3 Å². The number of benzene rings is 1. The molecule has 1 heterocycles. The average molecular weight is 330 g/mol. The molecular weight excluding hydrogens is 317 g/mol. The van der Waals surface area contributed by atoms with Crippen molar-refractivity contribution in [3.05, 3.63) is 34.2 Å². The Kier molecular flexibility index (Phi) is 4.33. The number of fused-ring (bicyclic) bond motifs is 1. The van der Waals surface area contributed by atoms with Crippen molar-refractivity contribution in [1.82, 2.24) is 0 Å². The summed E-state index contributed by atoms with van der Waals surface area (Å²) in [6.07, 6.45) is 0.400. The molecule has 2 aromatic rings. The Hall–Kier alpha value is -1.16. The first-order chi connectivity index (χ1) is 9.36. The van der Waals surface area contributed by atoms with E-state index in [0.717, 1.165) is 10.1 Å². The van der Waals surface area contributed by atoms with Crippen molar-refractivity contribution < 1.29 is 14.2 Å². The van der Waals surface area contributed by atoms with Crippen molar-refractivity contribution in [2.24, 2.45) is 5.73 Å². The summed E-state index contributed by atoms with van der Waals surface area (Å²) >= 11 is 7.40.